The van der Waals surface area contributed by atoms with E-state index in [2.05, 4.69) is 39.0 Å². The first kappa shape index (κ1) is 11.7. The van der Waals surface area contributed by atoms with Crippen LogP contribution in [-0.2, 0) is 5.41 Å². The van der Waals surface area contributed by atoms with Crippen molar-refractivity contribution >= 4 is 0 Å². The summed E-state index contributed by atoms with van der Waals surface area (Å²) in [5.41, 5.74) is 1.49. The highest BCUT2D eigenvalue weighted by Gasteiger charge is 2.12. The Morgan fingerprint density at radius 1 is 0.941 bits per heavy atom. The Kier molecular flexibility index (Phi) is 3.19. The molecule has 0 bridgehead atoms. The molecule has 0 aliphatic carbocycles. The predicted octanol–water partition coefficient (Wildman–Crippen LogP) is 4.58. The molecule has 17 heavy (non-hydrogen) atoms. The maximum Gasteiger partial charge on any atom is 0.128 e. The summed E-state index contributed by atoms with van der Waals surface area (Å²) < 4.78 is 5.71. The molecule has 0 aliphatic rings. The van der Waals surface area contributed by atoms with E-state index in [9.17, 15) is 0 Å². The van der Waals surface area contributed by atoms with Gasteiger partial charge in [0, 0.05) is 0 Å². The summed E-state index contributed by atoms with van der Waals surface area (Å²) in [5, 5.41) is 0. The maximum atomic E-state index is 5.71. The van der Waals surface area contributed by atoms with Crippen LogP contribution in [0.15, 0.2) is 48.5 Å². The van der Waals surface area contributed by atoms with Crippen molar-refractivity contribution in [1.29, 1.82) is 0 Å². The minimum absolute atomic E-state index is 0.180. The van der Waals surface area contributed by atoms with Gasteiger partial charge < -0.3 is 4.74 Å². The van der Waals surface area contributed by atoms with Gasteiger partial charge in [-0.3, -0.25) is 0 Å². The summed E-state index contributed by atoms with van der Waals surface area (Å²) in [5.74, 6) is 1.67. The fourth-order valence-electron chi connectivity index (χ4n) is 1.60. The molecule has 0 N–H and O–H groups in total. The van der Waals surface area contributed by atoms with E-state index in [0.29, 0.717) is 0 Å². The van der Waals surface area contributed by atoms with Crippen molar-refractivity contribution in [2.75, 3.05) is 0 Å². The molecule has 2 rings (SSSR count). The van der Waals surface area contributed by atoms with Crippen LogP contribution in [-0.4, -0.2) is 0 Å². The molecule has 1 nitrogen and oxygen atoms in total. The normalized spacial score (nSPS) is 11.2. The van der Waals surface area contributed by atoms with Crippen LogP contribution in [0.2, 0.25) is 0 Å². The van der Waals surface area contributed by atoms with Gasteiger partial charge in [-0.25, -0.2) is 0 Å². The minimum Gasteiger partial charge on any atom is -0.457 e. The maximum absolute atomic E-state index is 5.71. The molecule has 2 aromatic carbocycles. The van der Waals surface area contributed by atoms with Gasteiger partial charge in [-0.1, -0.05) is 45.0 Å². The summed E-state index contributed by atoms with van der Waals surface area (Å²) in [6, 6.07) is 18.8. The molecule has 0 saturated carbocycles. The van der Waals surface area contributed by atoms with E-state index in [1.807, 2.05) is 36.4 Å². The summed E-state index contributed by atoms with van der Waals surface area (Å²) >= 11 is 0. The number of hydrogen-bond donors (Lipinski definition) is 0. The molecule has 0 saturated heterocycles. The van der Waals surface area contributed by atoms with Crippen LogP contribution in [0.5, 0.6) is 11.5 Å². The highest BCUT2D eigenvalue weighted by Crippen LogP contribution is 2.26. The van der Waals surface area contributed by atoms with Crippen molar-refractivity contribution in [3.63, 3.8) is 0 Å². The van der Waals surface area contributed by atoms with Crippen LogP contribution in [0.4, 0.5) is 0 Å². The van der Waals surface area contributed by atoms with Gasteiger partial charge in [0.1, 0.15) is 11.5 Å². The third-order valence-electron chi connectivity index (χ3n) is 2.63. The Bertz CT molecular complexity index is 463. The zero-order valence-corrected chi connectivity index (χ0v) is 10.5. The molecule has 0 spiro atoms. The van der Waals surface area contributed by atoms with E-state index in [0.717, 1.165) is 11.5 Å². The van der Waals surface area contributed by atoms with Crippen LogP contribution >= 0.6 is 0 Å². The molecule has 1 heteroatoms. The molecule has 0 atom stereocenters. The molecule has 2 aromatic rings. The summed E-state index contributed by atoms with van der Waals surface area (Å²) in [6.07, 6.45) is 0. The third kappa shape index (κ3) is 3.10. The highest BCUT2D eigenvalue weighted by atomic mass is 16.5. The zero-order valence-electron chi connectivity index (χ0n) is 10.5. The van der Waals surface area contributed by atoms with Gasteiger partial charge in [0.05, 0.1) is 0 Å². The van der Waals surface area contributed by atoms with Gasteiger partial charge in [-0.05, 0) is 41.3 Å². The zero-order chi connectivity index (χ0) is 12.3. The summed E-state index contributed by atoms with van der Waals surface area (Å²) in [4.78, 5) is 0. The number of hydrogen-bond acceptors (Lipinski definition) is 1. The first-order valence-corrected chi connectivity index (χ1v) is 5.80. The number of rotatable bonds is 2. The Labute approximate surface area is 103 Å². The second-order valence-corrected chi connectivity index (χ2v) is 5.12. The lowest BCUT2D eigenvalue weighted by Gasteiger charge is -2.19. The van der Waals surface area contributed by atoms with Crippen molar-refractivity contribution in [3.05, 3.63) is 60.2 Å². The molecule has 87 valence electrons. The van der Waals surface area contributed by atoms with Crippen LogP contribution in [0.3, 0.4) is 0 Å². The van der Waals surface area contributed by atoms with Crippen LogP contribution in [0.25, 0.3) is 0 Å². The van der Waals surface area contributed by atoms with Crippen molar-refractivity contribution in [2.45, 2.75) is 26.2 Å². The molecule has 0 amide bonds. The first-order valence-electron chi connectivity index (χ1n) is 5.80. The lowest BCUT2D eigenvalue weighted by Crippen LogP contribution is -2.10. The fraction of sp³-hybridized carbons (Fsp3) is 0.250. The highest BCUT2D eigenvalue weighted by molar-refractivity contribution is 5.34. The smallest absolute Gasteiger partial charge is 0.128 e. The second kappa shape index (κ2) is 4.62. The molecule has 0 fully saturated rings. The fourth-order valence-corrected chi connectivity index (χ4v) is 1.60. The van der Waals surface area contributed by atoms with E-state index in [1.165, 1.54) is 5.56 Å². The van der Waals surface area contributed by atoms with E-state index >= 15 is 0 Å². The Morgan fingerprint density at radius 2 is 1.65 bits per heavy atom. The standard InChI is InChI=1S/C16H17O/c1-16(2,3)13-9-11-15(12-10-13)17-14-7-5-4-6-8-14/h4-5,7-12H,1-3H3. The molecule has 0 aromatic heterocycles. The third-order valence-corrected chi connectivity index (χ3v) is 2.63. The lowest BCUT2D eigenvalue weighted by molar-refractivity contribution is 0.481. The van der Waals surface area contributed by atoms with Crippen molar-refractivity contribution in [3.8, 4) is 11.5 Å². The first-order chi connectivity index (χ1) is 8.05. The lowest BCUT2D eigenvalue weighted by atomic mass is 9.87. The van der Waals surface area contributed by atoms with Crippen LogP contribution < -0.4 is 4.74 Å². The largest absolute Gasteiger partial charge is 0.457 e. The quantitative estimate of drug-likeness (QED) is 0.727. The van der Waals surface area contributed by atoms with Crippen molar-refractivity contribution in [1.82, 2.24) is 0 Å². The average molecular weight is 225 g/mol. The van der Waals surface area contributed by atoms with E-state index in [-0.39, 0.29) is 5.41 Å². The Balaban J connectivity index is 2.14. The van der Waals surface area contributed by atoms with Gasteiger partial charge in [0.25, 0.3) is 0 Å². The number of benzene rings is 2. The monoisotopic (exact) mass is 225 g/mol. The Morgan fingerprint density at radius 3 is 2.18 bits per heavy atom. The van der Waals surface area contributed by atoms with Crippen molar-refractivity contribution < 1.29 is 4.74 Å². The Hall–Kier alpha value is -1.76. The van der Waals surface area contributed by atoms with E-state index in [1.54, 1.807) is 0 Å². The van der Waals surface area contributed by atoms with E-state index < -0.39 is 0 Å². The molecule has 1 radical (unpaired) electrons. The van der Waals surface area contributed by atoms with Crippen LogP contribution in [0.1, 0.15) is 26.3 Å². The second-order valence-electron chi connectivity index (χ2n) is 5.12. The average Bonchev–Trinajstić information content (AvgIpc) is 2.30. The minimum atomic E-state index is 0.180. The van der Waals surface area contributed by atoms with Gasteiger partial charge in [-0.15, -0.1) is 0 Å². The molecule has 0 heterocycles. The topological polar surface area (TPSA) is 9.23 Å². The summed E-state index contributed by atoms with van der Waals surface area (Å²) in [7, 11) is 0. The predicted molar refractivity (Wildman–Crippen MR) is 70.5 cm³/mol. The van der Waals surface area contributed by atoms with Gasteiger partial charge >= 0.3 is 0 Å². The summed E-state index contributed by atoms with van der Waals surface area (Å²) in [6.45, 7) is 6.61. The van der Waals surface area contributed by atoms with Gasteiger partial charge in [0.2, 0.25) is 0 Å². The van der Waals surface area contributed by atoms with Crippen LogP contribution in [0, 0.1) is 6.07 Å². The van der Waals surface area contributed by atoms with Crippen molar-refractivity contribution in [2.24, 2.45) is 0 Å². The molecule has 0 unspecified atom stereocenters. The van der Waals surface area contributed by atoms with Gasteiger partial charge in [-0.2, -0.15) is 0 Å². The number of ether oxygens (including phenoxy) is 1. The van der Waals surface area contributed by atoms with E-state index in [4.69, 9.17) is 4.74 Å². The van der Waals surface area contributed by atoms with Gasteiger partial charge in [0.15, 0.2) is 0 Å². The molecule has 0 aliphatic heterocycles. The molecular weight excluding hydrogens is 208 g/mol. The molecular formula is C16H17O. The SMILES string of the molecule is CC(C)(C)c1ccc(Oc2c[c]ccc2)cc1.